The molecular formula is C12H16ClN5S. The second-order valence-corrected chi connectivity index (χ2v) is 6.28. The minimum Gasteiger partial charge on any atom is -0.336 e. The summed E-state index contributed by atoms with van der Waals surface area (Å²) in [4.78, 5) is 7.71. The number of piperazine rings is 1. The molecule has 5 nitrogen and oxygen atoms in total. The van der Waals surface area contributed by atoms with Gasteiger partial charge in [0.15, 0.2) is 5.82 Å². The van der Waals surface area contributed by atoms with Crippen molar-refractivity contribution in [3.63, 3.8) is 0 Å². The molecule has 0 spiro atoms. The van der Waals surface area contributed by atoms with Crippen LogP contribution in [0.3, 0.4) is 0 Å². The summed E-state index contributed by atoms with van der Waals surface area (Å²) in [7, 11) is 0. The molecule has 3 rings (SSSR count). The van der Waals surface area contributed by atoms with Crippen molar-refractivity contribution < 1.29 is 0 Å². The molecule has 102 valence electrons. The Labute approximate surface area is 121 Å². The van der Waals surface area contributed by atoms with E-state index in [4.69, 9.17) is 11.6 Å². The molecule has 19 heavy (non-hydrogen) atoms. The summed E-state index contributed by atoms with van der Waals surface area (Å²) in [6.45, 7) is 6.18. The number of H-pyrrole nitrogens is 1. The Balaban J connectivity index is 1.83. The third-order valence-electron chi connectivity index (χ3n) is 3.15. The second kappa shape index (κ2) is 5.11. The Morgan fingerprint density at radius 3 is 2.74 bits per heavy atom. The van der Waals surface area contributed by atoms with E-state index in [1.165, 1.54) is 0 Å². The molecule has 0 saturated carbocycles. The average molecular weight is 298 g/mol. The van der Waals surface area contributed by atoms with Crippen molar-refractivity contribution in [2.45, 2.75) is 25.9 Å². The Hall–Kier alpha value is -1.11. The number of thiophene rings is 1. The lowest BCUT2D eigenvalue weighted by Crippen LogP contribution is -2.54. The molecule has 0 amide bonds. The molecule has 7 heteroatoms. The highest BCUT2D eigenvalue weighted by atomic mass is 35.5. The second-order valence-electron chi connectivity index (χ2n) is 4.96. The number of nitrogens with zero attached hydrogens (tertiary/aromatic N) is 3. The van der Waals surface area contributed by atoms with Crippen molar-refractivity contribution in [3.05, 3.63) is 16.5 Å². The van der Waals surface area contributed by atoms with Crippen molar-refractivity contribution >= 4 is 28.9 Å². The predicted molar refractivity (Wildman–Crippen MR) is 79.0 cm³/mol. The van der Waals surface area contributed by atoms with Gasteiger partial charge in [-0.1, -0.05) is 11.6 Å². The summed E-state index contributed by atoms with van der Waals surface area (Å²) in [5.74, 6) is 1.49. The van der Waals surface area contributed by atoms with Crippen LogP contribution in [-0.2, 0) is 0 Å². The van der Waals surface area contributed by atoms with Crippen molar-refractivity contribution in [3.8, 4) is 10.7 Å². The quantitative estimate of drug-likeness (QED) is 0.893. The fourth-order valence-corrected chi connectivity index (χ4v) is 3.53. The lowest BCUT2D eigenvalue weighted by Gasteiger charge is -2.35. The maximum absolute atomic E-state index is 6.11. The van der Waals surface area contributed by atoms with Crippen molar-refractivity contribution in [1.82, 2.24) is 20.5 Å². The summed E-state index contributed by atoms with van der Waals surface area (Å²) < 4.78 is 0. The maximum Gasteiger partial charge on any atom is 0.245 e. The van der Waals surface area contributed by atoms with Gasteiger partial charge >= 0.3 is 0 Å². The van der Waals surface area contributed by atoms with E-state index < -0.39 is 0 Å². The van der Waals surface area contributed by atoms with Gasteiger partial charge in [-0.2, -0.15) is 4.98 Å². The van der Waals surface area contributed by atoms with Crippen LogP contribution in [0.4, 0.5) is 5.95 Å². The van der Waals surface area contributed by atoms with E-state index in [1.54, 1.807) is 11.3 Å². The number of nitrogens with one attached hydrogen (secondary N) is 2. The van der Waals surface area contributed by atoms with Gasteiger partial charge in [0.25, 0.3) is 0 Å². The highest BCUT2D eigenvalue weighted by Gasteiger charge is 2.24. The summed E-state index contributed by atoms with van der Waals surface area (Å²) >= 11 is 7.68. The molecule has 1 aliphatic heterocycles. The van der Waals surface area contributed by atoms with E-state index in [9.17, 15) is 0 Å². The van der Waals surface area contributed by atoms with Crippen LogP contribution in [0.2, 0.25) is 5.02 Å². The molecule has 0 aromatic carbocycles. The molecule has 2 unspecified atom stereocenters. The minimum atomic E-state index is 0.441. The van der Waals surface area contributed by atoms with E-state index in [-0.39, 0.29) is 0 Å². The van der Waals surface area contributed by atoms with Crippen LogP contribution in [0.25, 0.3) is 10.7 Å². The monoisotopic (exact) mass is 297 g/mol. The van der Waals surface area contributed by atoms with Gasteiger partial charge in [0.05, 0.1) is 9.90 Å². The van der Waals surface area contributed by atoms with Gasteiger partial charge in [-0.3, -0.25) is 5.10 Å². The van der Waals surface area contributed by atoms with Gasteiger partial charge < -0.3 is 10.2 Å². The fraction of sp³-hybridized carbons (Fsp3) is 0.500. The van der Waals surface area contributed by atoms with Crippen LogP contribution >= 0.6 is 22.9 Å². The zero-order chi connectivity index (χ0) is 13.4. The van der Waals surface area contributed by atoms with Gasteiger partial charge in [0.1, 0.15) is 0 Å². The summed E-state index contributed by atoms with van der Waals surface area (Å²) in [6, 6.07) is 2.76. The predicted octanol–water partition coefficient (Wildman–Crippen LogP) is 2.37. The lowest BCUT2D eigenvalue weighted by molar-refractivity contribution is 0.403. The van der Waals surface area contributed by atoms with Crippen LogP contribution < -0.4 is 10.2 Å². The molecule has 2 atom stereocenters. The van der Waals surface area contributed by atoms with Gasteiger partial charge in [0.2, 0.25) is 5.95 Å². The Bertz CT molecular complexity index is 556. The van der Waals surface area contributed by atoms with Gasteiger partial charge in [-0.05, 0) is 25.3 Å². The smallest absolute Gasteiger partial charge is 0.245 e. The van der Waals surface area contributed by atoms with Crippen molar-refractivity contribution in [2.24, 2.45) is 0 Å². The highest BCUT2D eigenvalue weighted by Crippen LogP contribution is 2.31. The van der Waals surface area contributed by atoms with Crippen LogP contribution in [0.1, 0.15) is 13.8 Å². The molecule has 1 aliphatic rings. The summed E-state index contributed by atoms with van der Waals surface area (Å²) in [5, 5.41) is 13.5. The number of hydrogen-bond acceptors (Lipinski definition) is 5. The first-order valence-corrected chi connectivity index (χ1v) is 7.56. The zero-order valence-electron chi connectivity index (χ0n) is 10.9. The molecule has 0 aliphatic carbocycles. The van der Waals surface area contributed by atoms with Gasteiger partial charge in [0, 0.05) is 25.2 Å². The Morgan fingerprint density at radius 1 is 1.37 bits per heavy atom. The number of hydrogen-bond donors (Lipinski definition) is 2. The van der Waals surface area contributed by atoms with E-state index in [2.05, 4.69) is 39.2 Å². The molecular weight excluding hydrogens is 282 g/mol. The lowest BCUT2D eigenvalue weighted by atomic mass is 10.1. The number of aromatic amines is 1. The molecule has 2 aromatic rings. The van der Waals surface area contributed by atoms with E-state index in [1.807, 2.05) is 11.4 Å². The average Bonchev–Trinajstić information content (AvgIpc) is 2.95. The fourth-order valence-electron chi connectivity index (χ4n) is 2.45. The molecule has 1 fully saturated rings. The zero-order valence-corrected chi connectivity index (χ0v) is 12.4. The van der Waals surface area contributed by atoms with E-state index in [0.29, 0.717) is 12.1 Å². The molecule has 0 bridgehead atoms. The first kappa shape index (κ1) is 12.9. The van der Waals surface area contributed by atoms with E-state index >= 15 is 0 Å². The first-order chi connectivity index (χ1) is 9.13. The van der Waals surface area contributed by atoms with E-state index in [0.717, 1.165) is 34.8 Å². The molecule has 0 radical (unpaired) electrons. The number of halogens is 1. The Morgan fingerprint density at radius 2 is 2.11 bits per heavy atom. The first-order valence-electron chi connectivity index (χ1n) is 6.30. The molecule has 1 saturated heterocycles. The number of aromatic nitrogens is 3. The third-order valence-corrected chi connectivity index (χ3v) is 4.49. The number of anilines is 1. The molecule has 2 N–H and O–H groups in total. The maximum atomic E-state index is 6.11. The Kier molecular flexibility index (Phi) is 3.47. The summed E-state index contributed by atoms with van der Waals surface area (Å²) in [5.41, 5.74) is 0. The molecule has 2 aromatic heterocycles. The molecule has 3 heterocycles. The van der Waals surface area contributed by atoms with Crippen molar-refractivity contribution in [2.75, 3.05) is 18.0 Å². The van der Waals surface area contributed by atoms with Crippen LogP contribution in [0.5, 0.6) is 0 Å². The topological polar surface area (TPSA) is 56.8 Å². The van der Waals surface area contributed by atoms with Crippen LogP contribution in [-0.4, -0.2) is 40.4 Å². The van der Waals surface area contributed by atoms with Gasteiger partial charge in [-0.25, -0.2) is 0 Å². The third kappa shape index (κ3) is 2.61. The highest BCUT2D eigenvalue weighted by molar-refractivity contribution is 7.14. The normalized spacial score (nSPS) is 23.8. The van der Waals surface area contributed by atoms with Crippen molar-refractivity contribution in [1.29, 1.82) is 0 Å². The largest absolute Gasteiger partial charge is 0.336 e. The SMILES string of the molecule is CC1CN(c2n[nH]c(-c3sccc3Cl)n2)CC(C)N1. The van der Waals surface area contributed by atoms with Gasteiger partial charge in [-0.15, -0.1) is 16.4 Å². The van der Waals surface area contributed by atoms with Crippen LogP contribution in [0.15, 0.2) is 11.4 Å². The minimum absolute atomic E-state index is 0.441. The van der Waals surface area contributed by atoms with Crippen LogP contribution in [0, 0.1) is 0 Å². The standard InChI is InChI=1S/C12H16ClN5S/c1-7-5-18(6-8(2)14-7)12-15-11(16-17-12)10-9(13)3-4-19-10/h3-4,7-8,14H,5-6H2,1-2H3,(H,15,16,17). The summed E-state index contributed by atoms with van der Waals surface area (Å²) in [6.07, 6.45) is 0. The number of rotatable bonds is 2.